The first kappa shape index (κ1) is 16.1. The van der Waals surface area contributed by atoms with Gasteiger partial charge in [-0.25, -0.2) is 4.79 Å². The molecule has 2 aliphatic heterocycles. The molecule has 6 heteroatoms. The van der Waals surface area contributed by atoms with Crippen LogP contribution in [0.1, 0.15) is 12.5 Å². The van der Waals surface area contributed by atoms with Gasteiger partial charge in [-0.3, -0.25) is 14.3 Å². The lowest BCUT2D eigenvalue weighted by molar-refractivity contribution is 0.966. The van der Waals surface area contributed by atoms with Gasteiger partial charge in [-0.1, -0.05) is 30.9 Å². The van der Waals surface area contributed by atoms with Crippen molar-refractivity contribution in [2.75, 3.05) is 0 Å². The Morgan fingerprint density at radius 2 is 2.12 bits per heavy atom. The van der Waals surface area contributed by atoms with Crippen molar-refractivity contribution in [1.29, 1.82) is 5.26 Å². The third-order valence-electron chi connectivity index (χ3n) is 3.76. The van der Waals surface area contributed by atoms with E-state index in [1.165, 1.54) is 0 Å². The Kier molecular flexibility index (Phi) is 4.14. The predicted octanol–water partition coefficient (Wildman–Crippen LogP) is 2.66. The first-order valence-corrected chi connectivity index (χ1v) is 7.51. The highest BCUT2D eigenvalue weighted by atomic mass is 16.2. The van der Waals surface area contributed by atoms with Crippen LogP contribution in [0.3, 0.4) is 0 Å². The van der Waals surface area contributed by atoms with Crippen molar-refractivity contribution in [3.05, 3.63) is 81.6 Å². The molecule has 0 unspecified atom stereocenters. The number of benzene rings is 1. The molecular formula is C19H14N4O2. The molecule has 2 aliphatic rings. The summed E-state index contributed by atoms with van der Waals surface area (Å²) < 4.78 is 1.70. The number of nitrogens with zero attached hydrogens (tertiary/aromatic N) is 3. The zero-order chi connectivity index (χ0) is 18.0. The molecule has 122 valence electrons. The van der Waals surface area contributed by atoms with Crippen molar-refractivity contribution in [2.24, 2.45) is 0 Å². The number of hydrogen-bond donors (Lipinski definition) is 1. The van der Waals surface area contributed by atoms with Crippen LogP contribution in [0.2, 0.25) is 0 Å². The largest absolute Gasteiger partial charge is 0.349 e. The maximum absolute atomic E-state index is 12.2. The molecule has 0 saturated carbocycles. The van der Waals surface area contributed by atoms with Crippen LogP contribution < -0.4 is 11.2 Å². The summed E-state index contributed by atoms with van der Waals surface area (Å²) in [5.74, 6) is 0.247. The smallest absolute Gasteiger partial charge is 0.298 e. The van der Waals surface area contributed by atoms with Gasteiger partial charge in [-0.2, -0.15) is 10.2 Å². The molecule has 0 saturated heterocycles. The first-order valence-electron chi connectivity index (χ1n) is 7.51. The molecule has 0 radical (unpaired) electrons. The number of allylic oxidation sites excluding steroid dienone is 5. The molecule has 1 aromatic rings. The molecular weight excluding hydrogens is 316 g/mol. The molecule has 25 heavy (non-hydrogen) atoms. The summed E-state index contributed by atoms with van der Waals surface area (Å²) in [6.45, 7) is 5.45. The summed E-state index contributed by atoms with van der Waals surface area (Å²) in [4.78, 5) is 30.1. The number of pyridine rings is 1. The molecule has 0 spiro atoms. The van der Waals surface area contributed by atoms with Crippen LogP contribution in [0.5, 0.6) is 0 Å². The third kappa shape index (κ3) is 2.91. The molecule has 1 N–H and O–H groups in total. The Hall–Kier alpha value is -3.72. The first-order chi connectivity index (χ1) is 12.0. The Morgan fingerprint density at radius 3 is 2.84 bits per heavy atom. The second kappa shape index (κ2) is 6.42. The summed E-state index contributed by atoms with van der Waals surface area (Å²) in [6, 6.07) is 8.91. The Balaban J connectivity index is 2.50. The van der Waals surface area contributed by atoms with Gasteiger partial charge in [0.1, 0.15) is 0 Å². The van der Waals surface area contributed by atoms with Gasteiger partial charge in [0, 0.05) is 5.70 Å². The number of fused-ring (bicyclic) bond motifs is 2. The van der Waals surface area contributed by atoms with Crippen LogP contribution in [-0.2, 0) is 0 Å². The third-order valence-corrected chi connectivity index (χ3v) is 3.76. The zero-order valence-corrected chi connectivity index (χ0v) is 13.5. The van der Waals surface area contributed by atoms with Gasteiger partial charge in [-0.15, -0.1) is 0 Å². The van der Waals surface area contributed by atoms with E-state index in [1.807, 2.05) is 13.0 Å². The SMILES string of the molecule is C=C/C=C\C=C(/C)n1c2nc(=O)[nH]c(=O)c-2cc2ccc(C#N)cc21. The minimum absolute atomic E-state index is 0.247. The number of aromatic amines is 1. The topological polar surface area (TPSA) is 91.5 Å². The summed E-state index contributed by atoms with van der Waals surface area (Å²) in [5, 5.41) is 9.95. The van der Waals surface area contributed by atoms with E-state index < -0.39 is 11.2 Å². The highest BCUT2D eigenvalue weighted by molar-refractivity contribution is 5.89. The molecule has 1 aromatic carbocycles. The van der Waals surface area contributed by atoms with Crippen LogP contribution in [-0.4, -0.2) is 14.5 Å². The van der Waals surface area contributed by atoms with Crippen LogP contribution in [0, 0.1) is 11.3 Å². The number of nitriles is 1. The van der Waals surface area contributed by atoms with Gasteiger partial charge in [-0.05, 0) is 36.6 Å². The molecule has 0 aliphatic carbocycles. The molecule has 0 fully saturated rings. The van der Waals surface area contributed by atoms with E-state index in [0.717, 1.165) is 11.1 Å². The molecule has 0 aromatic heterocycles. The van der Waals surface area contributed by atoms with Crippen molar-refractivity contribution in [3.8, 4) is 17.5 Å². The second-order valence-corrected chi connectivity index (χ2v) is 5.40. The fourth-order valence-corrected chi connectivity index (χ4v) is 2.65. The summed E-state index contributed by atoms with van der Waals surface area (Å²) >= 11 is 0. The van der Waals surface area contributed by atoms with Crippen molar-refractivity contribution in [3.63, 3.8) is 0 Å². The van der Waals surface area contributed by atoms with E-state index in [4.69, 9.17) is 0 Å². The summed E-state index contributed by atoms with van der Waals surface area (Å²) in [7, 11) is 0. The van der Waals surface area contributed by atoms with Gasteiger partial charge in [0.2, 0.25) is 0 Å². The number of nitrogens with one attached hydrogen (secondary N) is 1. The monoisotopic (exact) mass is 330 g/mol. The van der Waals surface area contributed by atoms with Gasteiger partial charge in [0.15, 0.2) is 5.82 Å². The minimum atomic E-state index is -0.712. The van der Waals surface area contributed by atoms with Crippen LogP contribution >= 0.6 is 0 Å². The van der Waals surface area contributed by atoms with Crippen molar-refractivity contribution in [1.82, 2.24) is 14.5 Å². The predicted molar refractivity (Wildman–Crippen MR) is 97.2 cm³/mol. The zero-order valence-electron chi connectivity index (χ0n) is 13.5. The Morgan fingerprint density at radius 1 is 1.32 bits per heavy atom. The highest BCUT2D eigenvalue weighted by Gasteiger charge is 2.17. The standard InChI is InChI=1S/C19H14N4O2/c1-3-4-5-6-12(2)23-16-9-13(11-20)7-8-14(16)10-15-17(23)21-19(25)22-18(15)24/h3-10H,1H2,2H3,(H,22,24,25)/b5-4-,12-6+. The number of aromatic nitrogens is 3. The van der Waals surface area contributed by atoms with E-state index in [1.54, 1.807) is 47.1 Å². The van der Waals surface area contributed by atoms with Crippen molar-refractivity contribution in [2.45, 2.75) is 6.92 Å². The lowest BCUT2D eigenvalue weighted by Gasteiger charge is -2.17. The fraction of sp³-hybridized carbons (Fsp3) is 0.0526. The molecule has 6 nitrogen and oxygen atoms in total. The van der Waals surface area contributed by atoms with Crippen LogP contribution in [0.4, 0.5) is 0 Å². The molecule has 3 rings (SSSR count). The molecule has 0 bridgehead atoms. The van der Waals surface area contributed by atoms with E-state index in [2.05, 4.69) is 22.6 Å². The quantitative estimate of drug-likeness (QED) is 0.590. The van der Waals surface area contributed by atoms with Gasteiger partial charge in [0.05, 0.1) is 22.7 Å². The number of H-pyrrole nitrogens is 1. The van der Waals surface area contributed by atoms with E-state index >= 15 is 0 Å². The highest BCUT2D eigenvalue weighted by Crippen LogP contribution is 2.27. The Bertz CT molecular complexity index is 1170. The molecule has 2 heterocycles. The van der Waals surface area contributed by atoms with E-state index in [9.17, 15) is 14.9 Å². The second-order valence-electron chi connectivity index (χ2n) is 5.40. The van der Waals surface area contributed by atoms with Gasteiger partial charge in [0.25, 0.3) is 5.56 Å². The summed E-state index contributed by atoms with van der Waals surface area (Å²) in [6.07, 6.45) is 7.01. The van der Waals surface area contributed by atoms with E-state index in [0.29, 0.717) is 16.6 Å². The average molecular weight is 330 g/mol. The van der Waals surface area contributed by atoms with Crippen LogP contribution in [0.15, 0.2) is 64.7 Å². The maximum atomic E-state index is 12.2. The normalized spacial score (nSPS) is 11.9. The summed E-state index contributed by atoms with van der Waals surface area (Å²) in [5.41, 5.74) is 0.992. The lowest BCUT2D eigenvalue weighted by Crippen LogP contribution is -2.27. The Labute approximate surface area is 143 Å². The van der Waals surface area contributed by atoms with Crippen molar-refractivity contribution < 1.29 is 0 Å². The molecule has 0 amide bonds. The number of rotatable bonds is 3. The lowest BCUT2D eigenvalue weighted by atomic mass is 10.1. The van der Waals surface area contributed by atoms with Crippen molar-refractivity contribution >= 4 is 16.6 Å². The van der Waals surface area contributed by atoms with E-state index in [-0.39, 0.29) is 5.82 Å². The average Bonchev–Trinajstić information content (AvgIpc) is 2.59. The van der Waals surface area contributed by atoms with Gasteiger partial charge < -0.3 is 0 Å². The number of hydrogen-bond acceptors (Lipinski definition) is 4. The minimum Gasteiger partial charge on any atom is -0.298 e. The van der Waals surface area contributed by atoms with Gasteiger partial charge >= 0.3 is 5.69 Å². The maximum Gasteiger partial charge on any atom is 0.349 e. The van der Waals surface area contributed by atoms with Crippen LogP contribution in [0.25, 0.3) is 28.0 Å². The fourth-order valence-electron chi connectivity index (χ4n) is 2.65. The molecule has 0 atom stereocenters.